The normalized spacial score (nSPS) is 9.19. The monoisotopic (exact) mass is 1190 g/mol. The van der Waals surface area contributed by atoms with E-state index >= 15 is 0 Å². The molecule has 0 aromatic carbocycles. The molecule has 0 aromatic rings. The Bertz CT molecular complexity index is 777. The van der Waals surface area contributed by atoms with E-state index in [1.165, 1.54) is 217 Å². The molecule has 62 heavy (non-hydrogen) atoms. The van der Waals surface area contributed by atoms with Crippen molar-refractivity contribution in [2.24, 2.45) is 34.4 Å². The molecule has 0 rings (SSSR count). The van der Waals surface area contributed by atoms with Crippen LogP contribution in [-0.4, -0.2) is 37.4 Å². The van der Waals surface area contributed by atoms with Crippen molar-refractivity contribution < 1.29 is 21.1 Å². The van der Waals surface area contributed by atoms with Crippen molar-refractivity contribution in [3.63, 3.8) is 0 Å². The van der Waals surface area contributed by atoms with Gasteiger partial charge in [0.25, 0.3) is 0 Å². The zero-order valence-corrected chi connectivity index (χ0v) is 50.8. The number of hydrogen-bond donors (Lipinski definition) is 6. The summed E-state index contributed by atoms with van der Waals surface area (Å²) in [5.74, 6) is 2.83. The Morgan fingerprint density at radius 1 is 0.274 bits per heavy atom. The van der Waals surface area contributed by atoms with Crippen LogP contribution in [0.5, 0.6) is 0 Å². The van der Waals surface area contributed by atoms with Gasteiger partial charge in [-0.25, -0.2) is 0 Å². The molecule has 0 amide bonds. The third-order valence-corrected chi connectivity index (χ3v) is 9.44. The van der Waals surface area contributed by atoms with E-state index in [1.807, 2.05) is 0 Å². The molecular formula is C42H86MoN6S13. The first-order valence-corrected chi connectivity index (χ1v) is 28.2. The molecule has 0 heterocycles. The second kappa shape index (κ2) is 79.8. The van der Waals surface area contributed by atoms with Crippen molar-refractivity contribution in [3.05, 3.63) is 0 Å². The summed E-state index contributed by atoms with van der Waals surface area (Å²) in [4.78, 5) is 0. The smallest absolute Gasteiger partial charge is 0.415 e. The van der Waals surface area contributed by atoms with Crippen LogP contribution in [-0.2, 0) is 96.8 Å². The molecule has 0 saturated heterocycles. The molecule has 6 nitrogen and oxygen atoms in total. The number of rotatable bonds is 34. The van der Waals surface area contributed by atoms with Gasteiger partial charge in [0, 0.05) is 0 Å². The van der Waals surface area contributed by atoms with Gasteiger partial charge in [0.1, 0.15) is 0 Å². The zero-order chi connectivity index (χ0) is 48.2. The minimum absolute atomic E-state index is 0. The van der Waals surface area contributed by atoms with E-state index in [1.54, 1.807) is 0 Å². The first-order chi connectivity index (χ1) is 28.8. The van der Waals surface area contributed by atoms with Gasteiger partial charge in [-0.3, -0.25) is 0 Å². The first kappa shape index (κ1) is 80.7. The predicted molar refractivity (Wildman–Crippen MR) is 321 cm³/mol. The number of nitrogens with two attached hydrogens (primary N) is 6. The van der Waals surface area contributed by atoms with Gasteiger partial charge >= 0.3 is 21.1 Å². The van der Waals surface area contributed by atoms with Crippen molar-refractivity contribution in [2.45, 2.75) is 219 Å². The summed E-state index contributed by atoms with van der Waals surface area (Å²) in [7, 11) is 0. The number of hydrogen-bond acceptors (Lipinski definition) is 13. The Balaban J connectivity index is -0.000000158. The number of unbranched alkanes of at least 4 members (excludes halogenated alkanes) is 30. The fourth-order valence-electron chi connectivity index (χ4n) is 5.61. The van der Waals surface area contributed by atoms with E-state index in [2.05, 4.69) is 209 Å². The summed E-state index contributed by atoms with van der Waals surface area (Å²) in [6, 6.07) is 0. The van der Waals surface area contributed by atoms with E-state index in [0.29, 0.717) is 0 Å². The summed E-state index contributed by atoms with van der Waals surface area (Å²) in [5.41, 5.74) is 27.9. The van der Waals surface area contributed by atoms with E-state index in [4.69, 9.17) is 0 Å². The molecule has 12 N–H and O–H groups in total. The molecule has 0 aliphatic rings. The van der Waals surface area contributed by atoms with Crippen molar-refractivity contribution in [3.8, 4) is 0 Å². The van der Waals surface area contributed by atoms with Crippen LogP contribution in [0.25, 0.3) is 0 Å². The fraction of sp³-hybridized carbons (Fsp3) is 0.857. The van der Waals surface area contributed by atoms with Crippen LogP contribution in [0.15, 0.2) is 0 Å². The molecule has 0 fully saturated rings. The van der Waals surface area contributed by atoms with Crippen LogP contribution >= 0.6 is 85.1 Å². The van der Waals surface area contributed by atoms with Gasteiger partial charge in [-0.1, -0.05) is 232 Å². The topological polar surface area (TPSA) is 156 Å². The summed E-state index contributed by atoms with van der Waals surface area (Å²) in [5, 5.41) is 0. The first-order valence-electron chi connectivity index (χ1n) is 22.2. The molecule has 0 unspecified atom stereocenters. The molecule has 0 atom stereocenters. The van der Waals surface area contributed by atoms with Crippen LogP contribution < -0.4 is 34.4 Å². The molecule has 0 radical (unpaired) electrons. The van der Waals surface area contributed by atoms with Crippen LogP contribution in [0.3, 0.4) is 0 Å². The maximum absolute atomic E-state index is 4.66. The molecule has 20 heteroatoms. The zero-order valence-electron chi connectivity index (χ0n) is 38.2. The largest absolute Gasteiger partial charge is 6.00 e. The molecule has 0 spiro atoms. The number of thiocarbonyl (C=S) groups is 6. The van der Waals surface area contributed by atoms with Crippen molar-refractivity contribution >= 4 is 187 Å². The van der Waals surface area contributed by atoms with Gasteiger partial charge in [0.15, 0.2) is 0 Å². The standard InChI is InChI=1S/C36H74S.6CH3NS2.Mo/c1-3-5-7-9-11-13-15-17-19-21-23-25-27-29-31-33-35-37-36-34-32-30-28-26-24-22-20-18-16-14-12-10-8-6-4-2;6*2-1(3)4;/h3-36H2,1-2H3;6*(H3,2,3,4);/q;;;;;;;+6/p-6. The maximum atomic E-state index is 4.66. The van der Waals surface area contributed by atoms with Crippen LogP contribution in [0.4, 0.5) is 0 Å². The Morgan fingerprint density at radius 2 is 0.371 bits per heavy atom. The molecule has 0 bridgehead atoms. The van der Waals surface area contributed by atoms with Gasteiger partial charge in [-0.15, -0.1) is 0 Å². The summed E-state index contributed by atoms with van der Waals surface area (Å²) in [6.45, 7) is 4.62. The van der Waals surface area contributed by atoms with Crippen molar-refractivity contribution in [1.82, 2.24) is 0 Å². The van der Waals surface area contributed by atoms with Gasteiger partial charge < -0.3 is 183 Å². The Hall–Kier alpha value is 1.70. The Morgan fingerprint density at radius 3 is 0.484 bits per heavy atom. The summed E-state index contributed by atoms with van der Waals surface area (Å²) in [6.07, 6.45) is 47.2. The molecular weight excluding hydrogens is 1100 g/mol. The quantitative estimate of drug-likeness (QED) is 0.0156. The van der Waals surface area contributed by atoms with Gasteiger partial charge in [-0.2, -0.15) is 11.8 Å². The van der Waals surface area contributed by atoms with Crippen molar-refractivity contribution in [2.75, 3.05) is 11.5 Å². The van der Waals surface area contributed by atoms with E-state index < -0.39 is 0 Å². The molecule has 0 saturated carbocycles. The average molecular weight is 1190 g/mol. The van der Waals surface area contributed by atoms with Crippen molar-refractivity contribution in [1.29, 1.82) is 0 Å². The molecule has 0 aliphatic heterocycles. The van der Waals surface area contributed by atoms with Gasteiger partial charge in [-0.05, 0) is 24.3 Å². The SMILES string of the molecule is CCCCCCCCCCCCCCCCCCSCCCCCCCCCCCCCCCCCC.NC(=S)[S-].NC(=S)[S-].NC(=S)[S-].NC(=S)[S-].NC(=S)[S-].NC(=S)[S-].[Mo+6]. The molecule has 0 aliphatic carbocycles. The van der Waals surface area contributed by atoms with E-state index in [9.17, 15) is 0 Å². The van der Waals surface area contributed by atoms with Gasteiger partial charge in [0.2, 0.25) is 0 Å². The third kappa shape index (κ3) is 178. The minimum Gasteiger partial charge on any atom is -0.415 e. The van der Waals surface area contributed by atoms with E-state index in [-0.39, 0.29) is 47.0 Å². The maximum Gasteiger partial charge on any atom is 6.00 e. The summed E-state index contributed by atoms with van der Waals surface area (Å²) >= 11 is 51.8. The second-order valence-corrected chi connectivity index (χ2v) is 22.2. The fourth-order valence-corrected chi connectivity index (χ4v) is 6.63. The van der Waals surface area contributed by atoms with Gasteiger partial charge in [0.05, 0.1) is 0 Å². The molecule has 368 valence electrons. The number of thioether (sulfide) groups is 1. The second-order valence-electron chi connectivity index (χ2n) is 14.1. The average Bonchev–Trinajstić information content (AvgIpc) is 3.12. The predicted octanol–water partition coefficient (Wildman–Crippen LogP) is 12.9. The van der Waals surface area contributed by atoms with Crippen LogP contribution in [0.1, 0.15) is 219 Å². The van der Waals surface area contributed by atoms with Crippen LogP contribution in [0.2, 0.25) is 0 Å². The summed E-state index contributed by atoms with van der Waals surface area (Å²) < 4.78 is 0.500. The molecule has 0 aromatic heterocycles. The Labute approximate surface area is 467 Å². The third-order valence-electron chi connectivity index (χ3n) is 8.28. The Kier molecular flexibility index (Phi) is 104. The van der Waals surface area contributed by atoms with Crippen LogP contribution in [0, 0.1) is 0 Å². The van der Waals surface area contributed by atoms with E-state index in [0.717, 1.165) is 0 Å². The minimum atomic E-state index is 0.